The van der Waals surface area contributed by atoms with Crippen molar-refractivity contribution in [3.63, 3.8) is 0 Å². The fourth-order valence-corrected chi connectivity index (χ4v) is 4.69. The van der Waals surface area contributed by atoms with Crippen LogP contribution in [0, 0.1) is 19.8 Å². The van der Waals surface area contributed by atoms with Crippen molar-refractivity contribution >= 4 is 10.9 Å². The smallest absolute Gasteiger partial charge is 0.258 e. The number of pyridine rings is 1. The summed E-state index contributed by atoms with van der Waals surface area (Å²) >= 11 is 0. The van der Waals surface area contributed by atoms with Crippen LogP contribution < -0.4 is 10.5 Å². The van der Waals surface area contributed by atoms with Crippen LogP contribution >= 0.6 is 0 Å². The minimum Gasteiger partial charge on any atom is -0.383 e. The highest BCUT2D eigenvalue weighted by molar-refractivity contribution is 5.85. The zero-order chi connectivity index (χ0) is 21.3. The summed E-state index contributed by atoms with van der Waals surface area (Å²) in [4.78, 5) is 17.8. The van der Waals surface area contributed by atoms with Gasteiger partial charge in [-0.1, -0.05) is 19.1 Å². The van der Waals surface area contributed by atoms with Crippen molar-refractivity contribution < 1.29 is 9.64 Å². The highest BCUT2D eigenvalue weighted by atomic mass is 16.5. The number of likely N-dealkylation sites (tertiary alicyclic amines) is 1. The Kier molecular flexibility index (Phi) is 5.97. The summed E-state index contributed by atoms with van der Waals surface area (Å²) in [5.41, 5.74) is 3.79. The van der Waals surface area contributed by atoms with Gasteiger partial charge >= 0.3 is 0 Å². The predicted molar refractivity (Wildman–Crippen MR) is 115 cm³/mol. The average molecular weight is 412 g/mol. The Morgan fingerprint density at radius 1 is 1.33 bits per heavy atom. The molecule has 2 N–H and O–H groups in total. The number of ether oxygens (including phenoxy) is 1. The second-order valence-corrected chi connectivity index (χ2v) is 8.59. The van der Waals surface area contributed by atoms with Crippen molar-refractivity contribution in [3.05, 3.63) is 51.1 Å². The Morgan fingerprint density at radius 3 is 2.90 bits per heavy atom. The number of H-pyrrole nitrogens is 1. The molecule has 3 heterocycles. The van der Waals surface area contributed by atoms with E-state index in [2.05, 4.69) is 46.5 Å². The first-order valence-corrected chi connectivity index (χ1v) is 10.7. The molecule has 0 amide bonds. The fraction of sp³-hybridized carbons (Fsp3) is 0.545. The molecule has 160 valence electrons. The number of aryl methyl sites for hydroxylation is 2. The van der Waals surface area contributed by atoms with Gasteiger partial charge < -0.3 is 14.6 Å². The van der Waals surface area contributed by atoms with Gasteiger partial charge in [0, 0.05) is 18.4 Å². The first kappa shape index (κ1) is 20.7. The summed E-state index contributed by atoms with van der Waals surface area (Å²) in [5.74, 6) is 1.33. The van der Waals surface area contributed by atoms with Crippen LogP contribution in [-0.2, 0) is 11.3 Å². The number of rotatable bonds is 6. The van der Waals surface area contributed by atoms with Gasteiger partial charge in [0.05, 0.1) is 37.3 Å². The third-order valence-corrected chi connectivity index (χ3v) is 6.32. The Labute approximate surface area is 176 Å². The number of fused-ring (bicyclic) bond motifs is 1. The number of methoxy groups -OCH3 is 1. The monoisotopic (exact) mass is 411 g/mol. The molecule has 2 aromatic heterocycles. The number of aromatic amines is 1. The number of aromatic nitrogens is 5. The van der Waals surface area contributed by atoms with Gasteiger partial charge in [-0.05, 0) is 54.3 Å². The third kappa shape index (κ3) is 3.89. The van der Waals surface area contributed by atoms with Gasteiger partial charge in [0.25, 0.3) is 5.56 Å². The van der Waals surface area contributed by atoms with Crippen molar-refractivity contribution in [1.82, 2.24) is 25.2 Å². The normalized spacial score (nSPS) is 20.5. The SMILES string of the molecule is COCCn1nnnc1[C@@H](c1cc2c(C)ccc(C)c2[nH]c1=O)[NH+]1CCC[C@H](C)C1. The number of piperidine rings is 1. The molecule has 8 nitrogen and oxygen atoms in total. The van der Waals surface area contributed by atoms with E-state index < -0.39 is 0 Å². The molecule has 0 aliphatic carbocycles. The van der Waals surface area contributed by atoms with E-state index in [0.29, 0.717) is 19.1 Å². The minimum absolute atomic E-state index is 0.0618. The topological polar surface area (TPSA) is 90.1 Å². The highest BCUT2D eigenvalue weighted by Crippen LogP contribution is 2.24. The maximum atomic E-state index is 13.3. The van der Waals surface area contributed by atoms with Crippen molar-refractivity contribution in [2.45, 2.75) is 46.2 Å². The molecule has 0 radical (unpaired) electrons. The quantitative estimate of drug-likeness (QED) is 0.636. The van der Waals surface area contributed by atoms with E-state index in [0.717, 1.165) is 52.9 Å². The zero-order valence-corrected chi connectivity index (χ0v) is 18.2. The molecule has 0 spiro atoms. The predicted octanol–water partition coefficient (Wildman–Crippen LogP) is 1.18. The van der Waals surface area contributed by atoms with Crippen LogP contribution in [-0.4, -0.2) is 52.0 Å². The lowest BCUT2D eigenvalue weighted by molar-refractivity contribution is -0.934. The molecule has 4 rings (SSSR count). The summed E-state index contributed by atoms with van der Waals surface area (Å²) in [6.45, 7) is 9.45. The van der Waals surface area contributed by atoms with Crippen LogP contribution in [0.15, 0.2) is 23.0 Å². The van der Waals surface area contributed by atoms with E-state index in [1.807, 2.05) is 13.0 Å². The van der Waals surface area contributed by atoms with Crippen molar-refractivity contribution in [1.29, 1.82) is 0 Å². The first-order valence-electron chi connectivity index (χ1n) is 10.7. The number of quaternary nitrogens is 1. The Hall–Kier alpha value is -2.58. The van der Waals surface area contributed by atoms with E-state index in [1.165, 1.54) is 11.3 Å². The third-order valence-electron chi connectivity index (χ3n) is 6.32. The van der Waals surface area contributed by atoms with Crippen molar-refractivity contribution in [3.8, 4) is 0 Å². The van der Waals surface area contributed by atoms with Crippen LogP contribution in [0.2, 0.25) is 0 Å². The van der Waals surface area contributed by atoms with Gasteiger partial charge in [-0.25, -0.2) is 4.68 Å². The molecule has 1 aromatic carbocycles. The average Bonchev–Trinajstić information content (AvgIpc) is 3.18. The zero-order valence-electron chi connectivity index (χ0n) is 18.2. The Morgan fingerprint density at radius 2 is 2.13 bits per heavy atom. The molecular weight excluding hydrogens is 380 g/mol. The first-order chi connectivity index (χ1) is 14.5. The van der Waals surface area contributed by atoms with Gasteiger partial charge in [-0.3, -0.25) is 4.79 Å². The molecule has 1 aliphatic rings. The summed E-state index contributed by atoms with van der Waals surface area (Å²) in [6, 6.07) is 6.00. The van der Waals surface area contributed by atoms with E-state index in [-0.39, 0.29) is 11.6 Å². The fourth-order valence-electron chi connectivity index (χ4n) is 4.69. The van der Waals surface area contributed by atoms with E-state index in [9.17, 15) is 4.79 Å². The van der Waals surface area contributed by atoms with Crippen LogP contribution in [0.25, 0.3) is 10.9 Å². The minimum atomic E-state index is -0.215. The lowest BCUT2D eigenvalue weighted by Crippen LogP contribution is -3.14. The van der Waals surface area contributed by atoms with E-state index in [1.54, 1.807) is 11.8 Å². The van der Waals surface area contributed by atoms with Gasteiger partial charge in [0.1, 0.15) is 0 Å². The van der Waals surface area contributed by atoms with Gasteiger partial charge in [-0.2, -0.15) is 0 Å². The molecule has 1 unspecified atom stereocenters. The molecule has 3 aromatic rings. The van der Waals surface area contributed by atoms with Crippen molar-refractivity contribution in [2.24, 2.45) is 5.92 Å². The maximum Gasteiger partial charge on any atom is 0.258 e. The summed E-state index contributed by atoms with van der Waals surface area (Å²) < 4.78 is 7.02. The molecule has 3 atom stereocenters. The number of nitrogens with zero attached hydrogens (tertiary/aromatic N) is 4. The number of nitrogens with one attached hydrogen (secondary N) is 2. The van der Waals surface area contributed by atoms with Crippen molar-refractivity contribution in [2.75, 3.05) is 26.8 Å². The van der Waals surface area contributed by atoms with Crippen LogP contribution in [0.4, 0.5) is 0 Å². The molecule has 0 bridgehead atoms. The second kappa shape index (κ2) is 8.65. The lowest BCUT2D eigenvalue weighted by Gasteiger charge is -2.33. The molecule has 30 heavy (non-hydrogen) atoms. The Bertz CT molecular complexity index is 1090. The highest BCUT2D eigenvalue weighted by Gasteiger charge is 2.36. The standard InChI is InChI=1S/C22H30N6O2/c1-14-6-5-9-27(13-14)20(21-24-25-26-28(21)10-11-30-4)18-12-17-15(2)7-8-16(3)19(17)23-22(18)29/h7-8,12,14,20H,5-6,9-11,13H2,1-4H3,(H,23,29)/p+1/t14-,20+/m0/s1. The van der Waals surface area contributed by atoms with Crippen LogP contribution in [0.1, 0.15) is 48.3 Å². The molecule has 0 saturated carbocycles. The number of hydrogen-bond donors (Lipinski definition) is 2. The number of tetrazole rings is 1. The molecule has 8 heteroatoms. The van der Waals surface area contributed by atoms with E-state index in [4.69, 9.17) is 4.74 Å². The molecule has 1 saturated heterocycles. The van der Waals surface area contributed by atoms with E-state index >= 15 is 0 Å². The lowest BCUT2D eigenvalue weighted by atomic mass is 9.95. The Balaban J connectivity index is 1.88. The van der Waals surface area contributed by atoms with Gasteiger partial charge in [-0.15, -0.1) is 5.10 Å². The number of benzene rings is 1. The molecular formula is C22H31N6O2+. The van der Waals surface area contributed by atoms with Crippen LogP contribution in [0.5, 0.6) is 0 Å². The largest absolute Gasteiger partial charge is 0.383 e. The summed E-state index contributed by atoms with van der Waals surface area (Å²) in [5, 5.41) is 13.6. The molecule has 1 fully saturated rings. The summed E-state index contributed by atoms with van der Waals surface area (Å²) in [6.07, 6.45) is 2.35. The second-order valence-electron chi connectivity index (χ2n) is 8.59. The van der Waals surface area contributed by atoms with Gasteiger partial charge in [0.2, 0.25) is 5.82 Å². The summed E-state index contributed by atoms with van der Waals surface area (Å²) in [7, 11) is 1.66. The number of hydrogen-bond acceptors (Lipinski definition) is 5. The van der Waals surface area contributed by atoms with Crippen LogP contribution in [0.3, 0.4) is 0 Å². The molecule has 1 aliphatic heterocycles. The maximum absolute atomic E-state index is 13.3. The van der Waals surface area contributed by atoms with Gasteiger partial charge in [0.15, 0.2) is 6.04 Å².